The van der Waals surface area contributed by atoms with Crippen LogP contribution in [0.3, 0.4) is 0 Å². The topological polar surface area (TPSA) is 65.2 Å². The highest BCUT2D eigenvalue weighted by Crippen LogP contribution is 2.25. The van der Waals surface area contributed by atoms with Crippen molar-refractivity contribution in [1.82, 2.24) is 4.98 Å². The van der Waals surface area contributed by atoms with E-state index >= 15 is 0 Å². The van der Waals surface area contributed by atoms with Crippen molar-refractivity contribution < 1.29 is 8.83 Å². The van der Waals surface area contributed by atoms with E-state index in [4.69, 9.17) is 14.6 Å². The monoisotopic (exact) mass is 256 g/mol. The minimum Gasteiger partial charge on any atom is -0.469 e. The summed E-state index contributed by atoms with van der Waals surface area (Å²) < 4.78 is 11.0. The van der Waals surface area contributed by atoms with E-state index < -0.39 is 0 Å². The molecule has 2 N–H and O–H groups in total. The Labute approximate surface area is 111 Å². The fourth-order valence-electron chi connectivity index (χ4n) is 2.16. The van der Waals surface area contributed by atoms with Crippen molar-refractivity contribution in [2.45, 2.75) is 26.2 Å². The Hall–Kier alpha value is -2.23. The van der Waals surface area contributed by atoms with Gasteiger partial charge in [0.05, 0.1) is 12.0 Å². The molecular weight excluding hydrogens is 240 g/mol. The summed E-state index contributed by atoms with van der Waals surface area (Å²) in [6, 6.07) is 7.81. The molecule has 0 atom stereocenters. The lowest BCUT2D eigenvalue weighted by Crippen LogP contribution is -1.89. The van der Waals surface area contributed by atoms with E-state index in [2.05, 4.69) is 11.9 Å². The maximum atomic E-state index is 5.98. The number of fused-ring (bicyclic) bond motifs is 1. The summed E-state index contributed by atoms with van der Waals surface area (Å²) in [6.45, 7) is 2.10. The second-order valence-corrected chi connectivity index (χ2v) is 4.57. The smallest absolute Gasteiger partial charge is 0.196 e. The average molecular weight is 256 g/mol. The molecule has 0 spiro atoms. The molecule has 0 amide bonds. The van der Waals surface area contributed by atoms with Gasteiger partial charge in [0, 0.05) is 12.8 Å². The molecule has 0 aliphatic rings. The molecule has 0 aliphatic heterocycles. The van der Waals surface area contributed by atoms with Gasteiger partial charge < -0.3 is 14.6 Å². The van der Waals surface area contributed by atoms with Crippen LogP contribution in [0.1, 0.15) is 24.1 Å². The Morgan fingerprint density at radius 1 is 1.26 bits per heavy atom. The first-order chi connectivity index (χ1) is 9.26. The largest absolute Gasteiger partial charge is 0.469 e. The van der Waals surface area contributed by atoms with Crippen molar-refractivity contribution in [2.24, 2.45) is 0 Å². The van der Waals surface area contributed by atoms with Crippen LogP contribution in [0.2, 0.25) is 0 Å². The number of nitrogens with two attached hydrogens (primary N) is 1. The number of nitrogen functional groups attached to an aromatic ring is 1. The van der Waals surface area contributed by atoms with Crippen LogP contribution >= 0.6 is 0 Å². The highest BCUT2D eigenvalue weighted by atomic mass is 16.3. The number of rotatable bonds is 4. The zero-order valence-electron chi connectivity index (χ0n) is 10.8. The highest BCUT2D eigenvalue weighted by Gasteiger charge is 2.10. The van der Waals surface area contributed by atoms with Gasteiger partial charge in [0.15, 0.2) is 11.5 Å². The Bertz CT molecular complexity index is 684. The van der Waals surface area contributed by atoms with Crippen molar-refractivity contribution >= 4 is 16.8 Å². The van der Waals surface area contributed by atoms with Gasteiger partial charge in [-0.1, -0.05) is 6.92 Å². The van der Waals surface area contributed by atoms with Gasteiger partial charge >= 0.3 is 0 Å². The van der Waals surface area contributed by atoms with E-state index in [9.17, 15) is 0 Å². The molecule has 0 saturated carbocycles. The number of furan rings is 1. The van der Waals surface area contributed by atoms with E-state index in [1.807, 2.05) is 24.3 Å². The van der Waals surface area contributed by atoms with Crippen molar-refractivity contribution in [3.63, 3.8) is 0 Å². The number of nitrogens with zero attached hydrogens (tertiary/aromatic N) is 1. The van der Waals surface area contributed by atoms with E-state index in [1.54, 1.807) is 6.26 Å². The summed E-state index contributed by atoms with van der Waals surface area (Å²) in [4.78, 5) is 4.49. The molecule has 98 valence electrons. The molecule has 0 fully saturated rings. The van der Waals surface area contributed by atoms with Crippen molar-refractivity contribution in [2.75, 3.05) is 5.73 Å². The van der Waals surface area contributed by atoms with Crippen LogP contribution in [-0.4, -0.2) is 4.98 Å². The molecule has 0 radical (unpaired) electrons. The van der Waals surface area contributed by atoms with Crippen LogP contribution in [0.4, 0.5) is 5.69 Å². The fourth-order valence-corrected chi connectivity index (χ4v) is 2.16. The third kappa shape index (κ3) is 2.34. The van der Waals surface area contributed by atoms with Gasteiger partial charge in [-0.05, 0) is 36.2 Å². The first kappa shape index (κ1) is 11.8. The summed E-state index contributed by atoms with van der Waals surface area (Å²) in [6.07, 6.45) is 4.10. The molecule has 2 heterocycles. The molecule has 4 nitrogen and oxygen atoms in total. The number of aromatic nitrogens is 1. The maximum absolute atomic E-state index is 5.98. The molecule has 0 bridgehead atoms. The molecule has 3 aromatic rings. The normalized spacial score (nSPS) is 11.2. The lowest BCUT2D eigenvalue weighted by atomic mass is 10.1. The molecule has 2 aromatic heterocycles. The average Bonchev–Trinajstić information content (AvgIpc) is 3.05. The van der Waals surface area contributed by atoms with Crippen LogP contribution in [-0.2, 0) is 19.3 Å². The number of benzene rings is 1. The van der Waals surface area contributed by atoms with Crippen LogP contribution in [0.15, 0.2) is 39.4 Å². The molecule has 0 aliphatic carbocycles. The third-order valence-corrected chi connectivity index (χ3v) is 3.20. The van der Waals surface area contributed by atoms with Crippen molar-refractivity contribution in [3.05, 3.63) is 47.7 Å². The fraction of sp³-hybridized carbons (Fsp3) is 0.267. The zero-order chi connectivity index (χ0) is 13.2. The molecule has 1 aromatic carbocycles. The van der Waals surface area contributed by atoms with Gasteiger partial charge in [0.2, 0.25) is 0 Å². The number of anilines is 1. The second kappa shape index (κ2) is 4.80. The highest BCUT2D eigenvalue weighted by molar-refractivity contribution is 5.85. The van der Waals surface area contributed by atoms with Crippen LogP contribution in [0, 0.1) is 0 Å². The lowest BCUT2D eigenvalue weighted by Gasteiger charge is -1.98. The van der Waals surface area contributed by atoms with Gasteiger partial charge in [-0.2, -0.15) is 0 Å². The van der Waals surface area contributed by atoms with Gasteiger partial charge in [-0.3, -0.25) is 0 Å². The summed E-state index contributed by atoms with van der Waals surface area (Å²) in [7, 11) is 0. The quantitative estimate of drug-likeness (QED) is 0.727. The van der Waals surface area contributed by atoms with E-state index in [0.29, 0.717) is 23.6 Å². The van der Waals surface area contributed by atoms with Crippen LogP contribution in [0.25, 0.3) is 11.1 Å². The molecule has 0 saturated heterocycles. The summed E-state index contributed by atoms with van der Waals surface area (Å²) in [5, 5.41) is 0. The van der Waals surface area contributed by atoms with Crippen LogP contribution < -0.4 is 5.73 Å². The Morgan fingerprint density at radius 3 is 2.89 bits per heavy atom. The second-order valence-electron chi connectivity index (χ2n) is 4.57. The molecular formula is C15H16N2O2. The first-order valence-corrected chi connectivity index (χ1v) is 6.46. The number of hydrogen-bond donors (Lipinski definition) is 1. The van der Waals surface area contributed by atoms with Crippen molar-refractivity contribution in [1.29, 1.82) is 0 Å². The van der Waals surface area contributed by atoms with Crippen molar-refractivity contribution in [3.8, 4) is 0 Å². The third-order valence-electron chi connectivity index (χ3n) is 3.20. The predicted octanol–water partition coefficient (Wildman–Crippen LogP) is 3.35. The molecule has 3 rings (SSSR count). The van der Waals surface area contributed by atoms with Gasteiger partial charge in [0.25, 0.3) is 0 Å². The number of aryl methyl sites for hydroxylation is 3. The zero-order valence-corrected chi connectivity index (χ0v) is 10.8. The van der Waals surface area contributed by atoms with Gasteiger partial charge in [-0.15, -0.1) is 0 Å². The summed E-state index contributed by atoms with van der Waals surface area (Å²) in [5.41, 5.74) is 9.35. The SMILES string of the molecule is CCc1cc(N)c2oc(CCc3ccco3)nc2c1. The first-order valence-electron chi connectivity index (χ1n) is 6.46. The summed E-state index contributed by atoms with van der Waals surface area (Å²) >= 11 is 0. The number of oxazole rings is 1. The van der Waals surface area contributed by atoms with Crippen LogP contribution in [0.5, 0.6) is 0 Å². The minimum atomic E-state index is 0.658. The molecule has 19 heavy (non-hydrogen) atoms. The molecule has 4 heteroatoms. The Kier molecular flexibility index (Phi) is 2.99. The minimum absolute atomic E-state index is 0.658. The Balaban J connectivity index is 1.87. The maximum Gasteiger partial charge on any atom is 0.196 e. The summed E-state index contributed by atoms with van der Waals surface area (Å²) in [5.74, 6) is 1.64. The van der Waals surface area contributed by atoms with Gasteiger partial charge in [-0.25, -0.2) is 4.98 Å². The van der Waals surface area contributed by atoms with E-state index in [1.165, 1.54) is 5.56 Å². The van der Waals surface area contributed by atoms with E-state index in [0.717, 1.165) is 24.1 Å². The van der Waals surface area contributed by atoms with E-state index in [-0.39, 0.29) is 0 Å². The lowest BCUT2D eigenvalue weighted by molar-refractivity contribution is 0.480. The van der Waals surface area contributed by atoms with Gasteiger partial charge in [0.1, 0.15) is 11.3 Å². The standard InChI is InChI=1S/C15H16N2O2/c1-2-10-8-12(16)15-13(9-10)17-14(19-15)6-5-11-4-3-7-18-11/h3-4,7-9H,2,5-6,16H2,1H3. The number of hydrogen-bond acceptors (Lipinski definition) is 4. The Morgan fingerprint density at radius 2 is 2.16 bits per heavy atom. The molecule has 0 unspecified atom stereocenters. The predicted molar refractivity (Wildman–Crippen MR) is 73.9 cm³/mol.